The summed E-state index contributed by atoms with van der Waals surface area (Å²) in [5, 5.41) is 6.55. The Morgan fingerprint density at radius 1 is 1.43 bits per heavy atom. The first-order valence-electron chi connectivity index (χ1n) is 7.37. The van der Waals surface area contributed by atoms with Gasteiger partial charge in [0.05, 0.1) is 6.04 Å². The van der Waals surface area contributed by atoms with Crippen LogP contribution < -0.4 is 10.6 Å². The molecule has 1 heterocycles. The molecule has 116 valence electrons. The molecule has 1 aliphatic heterocycles. The molecular weight excluding hydrogens is 352 g/mol. The molecular formula is C16H22BrClN2O. The normalized spacial score (nSPS) is 24.0. The number of rotatable bonds is 3. The second-order valence-electron chi connectivity index (χ2n) is 6.15. The van der Waals surface area contributed by atoms with Crippen LogP contribution in [0.25, 0.3) is 0 Å². The van der Waals surface area contributed by atoms with Crippen molar-refractivity contribution in [1.82, 2.24) is 10.6 Å². The van der Waals surface area contributed by atoms with Gasteiger partial charge in [0.15, 0.2) is 0 Å². The summed E-state index contributed by atoms with van der Waals surface area (Å²) >= 11 is 3.48. The zero-order valence-corrected chi connectivity index (χ0v) is 14.6. The Morgan fingerprint density at radius 3 is 2.81 bits per heavy atom. The quantitative estimate of drug-likeness (QED) is 0.852. The maximum atomic E-state index is 12.4. The van der Waals surface area contributed by atoms with Crippen molar-refractivity contribution < 1.29 is 4.79 Å². The van der Waals surface area contributed by atoms with Crippen LogP contribution in [0.3, 0.4) is 0 Å². The highest BCUT2D eigenvalue weighted by Gasteiger charge is 2.57. The highest BCUT2D eigenvalue weighted by molar-refractivity contribution is 9.10. The van der Waals surface area contributed by atoms with Gasteiger partial charge in [0.25, 0.3) is 0 Å². The molecule has 2 aliphatic rings. The first kappa shape index (κ1) is 16.8. The molecule has 21 heavy (non-hydrogen) atoms. The van der Waals surface area contributed by atoms with Crippen LogP contribution in [0, 0.1) is 11.3 Å². The van der Waals surface area contributed by atoms with Gasteiger partial charge in [-0.25, -0.2) is 0 Å². The van der Waals surface area contributed by atoms with Crippen molar-refractivity contribution >= 4 is 34.2 Å². The minimum Gasteiger partial charge on any atom is -0.349 e. The zero-order chi connectivity index (χ0) is 14.2. The van der Waals surface area contributed by atoms with Crippen LogP contribution in [-0.2, 0) is 4.79 Å². The van der Waals surface area contributed by atoms with Crippen LogP contribution in [0.15, 0.2) is 28.7 Å². The van der Waals surface area contributed by atoms with E-state index in [9.17, 15) is 4.79 Å². The number of piperidine rings is 1. The van der Waals surface area contributed by atoms with E-state index in [1.807, 2.05) is 12.1 Å². The summed E-state index contributed by atoms with van der Waals surface area (Å²) in [7, 11) is 0. The second kappa shape index (κ2) is 6.67. The van der Waals surface area contributed by atoms with Gasteiger partial charge in [-0.15, -0.1) is 12.4 Å². The minimum atomic E-state index is 0. The summed E-state index contributed by atoms with van der Waals surface area (Å²) < 4.78 is 1.05. The molecule has 5 heteroatoms. The summed E-state index contributed by atoms with van der Waals surface area (Å²) in [6, 6.07) is 8.21. The van der Waals surface area contributed by atoms with E-state index in [-0.39, 0.29) is 30.3 Å². The monoisotopic (exact) mass is 372 g/mol. The van der Waals surface area contributed by atoms with Crippen molar-refractivity contribution in [3.63, 3.8) is 0 Å². The van der Waals surface area contributed by atoms with Crippen molar-refractivity contribution in [3.8, 4) is 0 Å². The van der Waals surface area contributed by atoms with Gasteiger partial charge in [0.2, 0.25) is 5.91 Å². The van der Waals surface area contributed by atoms with Crippen LogP contribution in [0.4, 0.5) is 0 Å². The third-order valence-corrected chi connectivity index (χ3v) is 5.31. The first-order valence-corrected chi connectivity index (χ1v) is 8.17. The first-order chi connectivity index (χ1) is 9.61. The van der Waals surface area contributed by atoms with Crippen LogP contribution in [0.2, 0.25) is 0 Å². The summed E-state index contributed by atoms with van der Waals surface area (Å²) in [4.78, 5) is 12.4. The van der Waals surface area contributed by atoms with Gasteiger partial charge in [-0.2, -0.15) is 0 Å². The number of hydrogen-bond donors (Lipinski definition) is 2. The standard InChI is InChI=1S/C16H21BrN2O.ClH/c1-11(12-3-2-4-13(17)9-12)19-15(20)14-10-16(14)5-7-18-8-6-16;/h2-4,9,11,14,18H,5-8,10H2,1H3,(H,19,20);1H. The minimum absolute atomic E-state index is 0. The average Bonchev–Trinajstić information content (AvgIpc) is 3.13. The third-order valence-electron chi connectivity index (χ3n) is 4.81. The molecule has 1 saturated carbocycles. The summed E-state index contributed by atoms with van der Waals surface area (Å²) in [5.41, 5.74) is 1.46. The van der Waals surface area contributed by atoms with Gasteiger partial charge in [-0.05, 0) is 62.4 Å². The van der Waals surface area contributed by atoms with E-state index in [2.05, 4.69) is 45.6 Å². The second-order valence-corrected chi connectivity index (χ2v) is 7.07. The molecule has 1 saturated heterocycles. The van der Waals surface area contributed by atoms with Gasteiger partial charge in [-0.3, -0.25) is 4.79 Å². The molecule has 1 aliphatic carbocycles. The smallest absolute Gasteiger partial charge is 0.224 e. The lowest BCUT2D eigenvalue weighted by atomic mass is 9.91. The van der Waals surface area contributed by atoms with Crippen molar-refractivity contribution in [3.05, 3.63) is 34.3 Å². The number of hydrogen-bond acceptors (Lipinski definition) is 2. The number of carbonyl (C=O) groups is 1. The fourth-order valence-corrected chi connectivity index (χ4v) is 3.79. The number of carbonyl (C=O) groups excluding carboxylic acids is 1. The molecule has 2 fully saturated rings. The van der Waals surface area contributed by atoms with E-state index in [1.165, 1.54) is 0 Å². The van der Waals surface area contributed by atoms with Crippen LogP contribution in [-0.4, -0.2) is 19.0 Å². The fraction of sp³-hybridized carbons (Fsp3) is 0.562. The summed E-state index contributed by atoms with van der Waals surface area (Å²) in [5.74, 6) is 0.471. The fourth-order valence-electron chi connectivity index (χ4n) is 3.37. The average molecular weight is 374 g/mol. The predicted molar refractivity (Wildman–Crippen MR) is 90.6 cm³/mol. The molecule has 0 aromatic heterocycles. The molecule has 1 spiro atoms. The lowest BCUT2D eigenvalue weighted by molar-refractivity contribution is -0.123. The van der Waals surface area contributed by atoms with Crippen molar-refractivity contribution in [2.45, 2.75) is 32.2 Å². The molecule has 2 unspecified atom stereocenters. The third kappa shape index (κ3) is 3.61. The lowest BCUT2D eigenvalue weighted by Crippen LogP contribution is -2.34. The molecule has 2 atom stereocenters. The number of nitrogens with one attached hydrogen (secondary N) is 2. The van der Waals surface area contributed by atoms with E-state index >= 15 is 0 Å². The number of benzene rings is 1. The Bertz CT molecular complexity index is 517. The Hall–Kier alpha value is -0.580. The van der Waals surface area contributed by atoms with Gasteiger partial charge in [-0.1, -0.05) is 28.1 Å². The molecule has 0 radical (unpaired) electrons. The Balaban J connectivity index is 0.00000161. The van der Waals surface area contributed by atoms with E-state index in [4.69, 9.17) is 0 Å². The zero-order valence-electron chi connectivity index (χ0n) is 12.2. The van der Waals surface area contributed by atoms with Gasteiger partial charge < -0.3 is 10.6 Å². The maximum absolute atomic E-state index is 12.4. The van der Waals surface area contributed by atoms with Gasteiger partial charge >= 0.3 is 0 Å². The molecule has 1 aromatic rings. The van der Waals surface area contributed by atoms with Crippen molar-refractivity contribution in [2.24, 2.45) is 11.3 Å². The van der Waals surface area contributed by atoms with Crippen molar-refractivity contribution in [2.75, 3.05) is 13.1 Å². The topological polar surface area (TPSA) is 41.1 Å². The SMILES string of the molecule is CC(NC(=O)C1CC12CCNCC2)c1cccc(Br)c1.Cl. The van der Waals surface area contributed by atoms with Gasteiger partial charge in [0.1, 0.15) is 0 Å². The molecule has 1 amide bonds. The van der Waals surface area contributed by atoms with E-state index in [0.29, 0.717) is 5.41 Å². The van der Waals surface area contributed by atoms with E-state index < -0.39 is 0 Å². The van der Waals surface area contributed by atoms with Crippen LogP contribution in [0.1, 0.15) is 37.8 Å². The van der Waals surface area contributed by atoms with E-state index in [1.54, 1.807) is 0 Å². The maximum Gasteiger partial charge on any atom is 0.224 e. The summed E-state index contributed by atoms with van der Waals surface area (Å²) in [6.45, 7) is 4.17. The molecule has 1 aromatic carbocycles. The highest BCUT2D eigenvalue weighted by Crippen LogP contribution is 2.58. The van der Waals surface area contributed by atoms with E-state index in [0.717, 1.165) is 42.4 Å². The molecule has 3 rings (SSSR count). The van der Waals surface area contributed by atoms with Crippen molar-refractivity contribution in [1.29, 1.82) is 0 Å². The van der Waals surface area contributed by atoms with Gasteiger partial charge in [0, 0.05) is 10.4 Å². The lowest BCUT2D eigenvalue weighted by Gasteiger charge is -2.23. The molecule has 3 nitrogen and oxygen atoms in total. The largest absolute Gasteiger partial charge is 0.349 e. The Kier molecular flexibility index (Phi) is 5.33. The molecule has 2 N–H and O–H groups in total. The number of halogens is 2. The van der Waals surface area contributed by atoms with Crippen LogP contribution >= 0.6 is 28.3 Å². The number of amides is 1. The molecule has 0 bridgehead atoms. The Morgan fingerprint density at radius 2 is 2.14 bits per heavy atom. The predicted octanol–water partition coefficient (Wildman–Crippen LogP) is 3.44. The summed E-state index contributed by atoms with van der Waals surface area (Å²) in [6.07, 6.45) is 3.37. The van der Waals surface area contributed by atoms with Crippen LogP contribution in [0.5, 0.6) is 0 Å². The Labute approximate surface area is 140 Å². The highest BCUT2D eigenvalue weighted by atomic mass is 79.9.